The summed E-state index contributed by atoms with van der Waals surface area (Å²) < 4.78 is 0. The molecule has 1 rings (SSSR count). The van der Waals surface area contributed by atoms with Crippen LogP contribution >= 0.6 is 12.4 Å². The highest BCUT2D eigenvalue weighted by atomic mass is 35.5. The summed E-state index contributed by atoms with van der Waals surface area (Å²) in [5, 5.41) is 9.03. The van der Waals surface area contributed by atoms with Crippen molar-refractivity contribution in [3.05, 3.63) is 29.8 Å². The van der Waals surface area contributed by atoms with E-state index in [1.807, 2.05) is 12.1 Å². The zero-order valence-electron chi connectivity index (χ0n) is 7.73. The van der Waals surface area contributed by atoms with E-state index >= 15 is 0 Å². The van der Waals surface area contributed by atoms with Crippen molar-refractivity contribution in [1.82, 2.24) is 0 Å². The lowest BCUT2D eigenvalue weighted by molar-refractivity contribution is 0.474. The Kier molecular flexibility index (Phi) is 5.51. The predicted molar refractivity (Wildman–Crippen MR) is 57.2 cm³/mol. The molecule has 0 saturated carbocycles. The van der Waals surface area contributed by atoms with Gasteiger partial charge >= 0.3 is 0 Å². The Hall–Kier alpha value is -0.730. The van der Waals surface area contributed by atoms with Crippen LogP contribution in [0, 0.1) is 0 Å². The number of aromatic hydroxyl groups is 1. The molecule has 1 aromatic rings. The maximum absolute atomic E-state index is 9.03. The summed E-state index contributed by atoms with van der Waals surface area (Å²) >= 11 is 0. The van der Waals surface area contributed by atoms with Gasteiger partial charge < -0.3 is 10.8 Å². The van der Waals surface area contributed by atoms with Crippen molar-refractivity contribution >= 4 is 12.4 Å². The molecule has 1 aromatic carbocycles. The normalized spacial score (nSPS) is 11.8. The minimum absolute atomic E-state index is 0. The van der Waals surface area contributed by atoms with Crippen LogP contribution in [-0.2, 0) is 0 Å². The molecule has 0 saturated heterocycles. The SMILES string of the molecule is CCC[C@@H](N)c1ccc(O)cc1.Cl. The number of rotatable bonds is 3. The molecule has 0 aromatic heterocycles. The minimum Gasteiger partial charge on any atom is -0.508 e. The first-order chi connectivity index (χ1) is 5.74. The van der Waals surface area contributed by atoms with Gasteiger partial charge in [0, 0.05) is 6.04 Å². The summed E-state index contributed by atoms with van der Waals surface area (Å²) in [5.41, 5.74) is 6.97. The van der Waals surface area contributed by atoms with E-state index in [1.54, 1.807) is 12.1 Å². The number of phenolic OH excluding ortho intramolecular Hbond substituents is 1. The Morgan fingerprint density at radius 2 is 1.85 bits per heavy atom. The molecule has 74 valence electrons. The molecular formula is C10H16ClNO. The number of hydrogen-bond donors (Lipinski definition) is 2. The Morgan fingerprint density at radius 3 is 2.31 bits per heavy atom. The monoisotopic (exact) mass is 201 g/mol. The third-order valence-corrected chi connectivity index (χ3v) is 1.92. The van der Waals surface area contributed by atoms with Crippen LogP contribution in [0.15, 0.2) is 24.3 Å². The van der Waals surface area contributed by atoms with Gasteiger partial charge in [-0.05, 0) is 24.1 Å². The van der Waals surface area contributed by atoms with E-state index in [4.69, 9.17) is 10.8 Å². The summed E-state index contributed by atoms with van der Waals surface area (Å²) in [7, 11) is 0. The summed E-state index contributed by atoms with van der Waals surface area (Å²) in [6.45, 7) is 2.11. The van der Waals surface area contributed by atoms with Gasteiger partial charge in [0.25, 0.3) is 0 Å². The summed E-state index contributed by atoms with van der Waals surface area (Å²) in [5.74, 6) is 0.294. The van der Waals surface area contributed by atoms with Crippen LogP contribution in [0.1, 0.15) is 31.4 Å². The van der Waals surface area contributed by atoms with Crippen LogP contribution < -0.4 is 5.73 Å². The predicted octanol–water partition coefficient (Wildman–Crippen LogP) is 2.61. The molecule has 0 heterocycles. The smallest absolute Gasteiger partial charge is 0.115 e. The van der Waals surface area contributed by atoms with Gasteiger partial charge in [-0.15, -0.1) is 12.4 Å². The summed E-state index contributed by atoms with van der Waals surface area (Å²) in [6, 6.07) is 7.19. The minimum atomic E-state index is 0. The first-order valence-corrected chi connectivity index (χ1v) is 4.28. The average molecular weight is 202 g/mol. The fourth-order valence-electron chi connectivity index (χ4n) is 1.20. The van der Waals surface area contributed by atoms with Crippen molar-refractivity contribution in [3.63, 3.8) is 0 Å². The van der Waals surface area contributed by atoms with Crippen molar-refractivity contribution in [3.8, 4) is 5.75 Å². The summed E-state index contributed by atoms with van der Waals surface area (Å²) in [6.07, 6.45) is 2.08. The van der Waals surface area contributed by atoms with Gasteiger partial charge in [0.1, 0.15) is 5.75 Å². The number of phenols is 1. The molecule has 0 amide bonds. The van der Waals surface area contributed by atoms with E-state index in [9.17, 15) is 0 Å². The quantitative estimate of drug-likeness (QED) is 0.790. The average Bonchev–Trinajstić information content (AvgIpc) is 2.06. The lowest BCUT2D eigenvalue weighted by Crippen LogP contribution is -2.09. The van der Waals surface area contributed by atoms with Crippen molar-refractivity contribution in [2.75, 3.05) is 0 Å². The first kappa shape index (κ1) is 12.3. The largest absolute Gasteiger partial charge is 0.508 e. The van der Waals surface area contributed by atoms with Gasteiger partial charge in [-0.1, -0.05) is 25.5 Å². The van der Waals surface area contributed by atoms with Crippen LogP contribution in [0.25, 0.3) is 0 Å². The van der Waals surface area contributed by atoms with E-state index in [-0.39, 0.29) is 18.4 Å². The van der Waals surface area contributed by atoms with Crippen molar-refractivity contribution in [1.29, 1.82) is 0 Å². The molecule has 1 atom stereocenters. The van der Waals surface area contributed by atoms with Gasteiger partial charge in [-0.3, -0.25) is 0 Å². The highest BCUT2D eigenvalue weighted by Gasteiger charge is 2.03. The molecule has 0 bridgehead atoms. The van der Waals surface area contributed by atoms with Crippen molar-refractivity contribution in [2.45, 2.75) is 25.8 Å². The number of halogens is 1. The number of benzene rings is 1. The molecule has 13 heavy (non-hydrogen) atoms. The van der Waals surface area contributed by atoms with Gasteiger partial charge in [0.2, 0.25) is 0 Å². The zero-order valence-corrected chi connectivity index (χ0v) is 8.55. The summed E-state index contributed by atoms with van der Waals surface area (Å²) in [4.78, 5) is 0. The second-order valence-electron chi connectivity index (χ2n) is 2.99. The molecule has 0 aliphatic carbocycles. The van der Waals surface area contributed by atoms with Crippen molar-refractivity contribution < 1.29 is 5.11 Å². The zero-order chi connectivity index (χ0) is 8.97. The maximum atomic E-state index is 9.03. The molecule has 0 spiro atoms. The van der Waals surface area contributed by atoms with Crippen LogP contribution in [0.2, 0.25) is 0 Å². The maximum Gasteiger partial charge on any atom is 0.115 e. The Morgan fingerprint density at radius 1 is 1.31 bits per heavy atom. The molecule has 0 unspecified atom stereocenters. The molecule has 3 N–H and O–H groups in total. The topological polar surface area (TPSA) is 46.2 Å². The third kappa shape index (κ3) is 3.66. The van der Waals surface area contributed by atoms with Gasteiger partial charge in [0.15, 0.2) is 0 Å². The first-order valence-electron chi connectivity index (χ1n) is 4.28. The van der Waals surface area contributed by atoms with E-state index in [1.165, 1.54) is 0 Å². The van der Waals surface area contributed by atoms with Gasteiger partial charge in [0.05, 0.1) is 0 Å². The molecular weight excluding hydrogens is 186 g/mol. The van der Waals surface area contributed by atoms with E-state index < -0.39 is 0 Å². The Balaban J connectivity index is 0.00000144. The van der Waals surface area contributed by atoms with Gasteiger partial charge in [-0.2, -0.15) is 0 Å². The lowest BCUT2D eigenvalue weighted by Gasteiger charge is -2.09. The van der Waals surface area contributed by atoms with E-state index in [2.05, 4.69) is 6.92 Å². The Bertz CT molecular complexity index is 235. The van der Waals surface area contributed by atoms with E-state index in [0.717, 1.165) is 18.4 Å². The lowest BCUT2D eigenvalue weighted by atomic mass is 10.0. The highest BCUT2D eigenvalue weighted by Crippen LogP contribution is 2.18. The molecule has 0 radical (unpaired) electrons. The van der Waals surface area contributed by atoms with Crippen LogP contribution in [0.5, 0.6) is 5.75 Å². The third-order valence-electron chi connectivity index (χ3n) is 1.92. The van der Waals surface area contributed by atoms with Crippen LogP contribution in [0.3, 0.4) is 0 Å². The molecule has 0 aliphatic heterocycles. The molecule has 0 fully saturated rings. The van der Waals surface area contributed by atoms with Crippen LogP contribution in [-0.4, -0.2) is 5.11 Å². The second kappa shape index (κ2) is 5.84. The fourth-order valence-corrected chi connectivity index (χ4v) is 1.20. The van der Waals surface area contributed by atoms with Crippen LogP contribution in [0.4, 0.5) is 0 Å². The molecule has 2 nitrogen and oxygen atoms in total. The van der Waals surface area contributed by atoms with E-state index in [0.29, 0.717) is 5.75 Å². The molecule has 3 heteroatoms. The molecule has 0 aliphatic rings. The highest BCUT2D eigenvalue weighted by molar-refractivity contribution is 5.85. The number of hydrogen-bond acceptors (Lipinski definition) is 2. The van der Waals surface area contributed by atoms with Crippen molar-refractivity contribution in [2.24, 2.45) is 5.73 Å². The second-order valence-corrected chi connectivity index (χ2v) is 2.99. The number of nitrogens with two attached hydrogens (primary N) is 1. The van der Waals surface area contributed by atoms with Gasteiger partial charge in [-0.25, -0.2) is 0 Å². The fraction of sp³-hybridized carbons (Fsp3) is 0.400. The standard InChI is InChI=1S/C10H15NO.ClH/c1-2-3-10(11)8-4-6-9(12)7-5-8;/h4-7,10,12H,2-3,11H2,1H3;1H/t10-;/m1./s1. The Labute approximate surface area is 85.2 Å².